The fraction of sp³-hybridized carbons (Fsp3) is 0.500. The van der Waals surface area contributed by atoms with Crippen molar-refractivity contribution < 1.29 is 24.1 Å². The number of rotatable bonds is 11. The van der Waals surface area contributed by atoms with Crippen LogP contribution in [0.2, 0.25) is 0 Å². The van der Waals surface area contributed by atoms with Crippen molar-refractivity contribution in [2.24, 2.45) is 0 Å². The van der Waals surface area contributed by atoms with Crippen LogP contribution in [0.4, 0.5) is 0 Å². The molecule has 1 aliphatic heterocycles. The van der Waals surface area contributed by atoms with Gasteiger partial charge in [0.05, 0.1) is 13.2 Å². The van der Waals surface area contributed by atoms with E-state index in [0.717, 1.165) is 29.9 Å². The molecule has 1 N–H and O–H groups in total. The van der Waals surface area contributed by atoms with Crippen LogP contribution in [0.1, 0.15) is 64.9 Å². The molecule has 5 heteroatoms. The normalized spacial score (nSPS) is 20.0. The van der Waals surface area contributed by atoms with Crippen molar-refractivity contribution in [2.45, 2.75) is 70.7 Å². The Morgan fingerprint density at radius 2 is 1.52 bits per heavy atom. The highest BCUT2D eigenvalue weighted by Gasteiger charge is 2.52. The summed E-state index contributed by atoms with van der Waals surface area (Å²) in [7, 11) is 0. The molecule has 0 bridgehead atoms. The highest BCUT2D eigenvalue weighted by atomic mass is 16.8. The zero-order valence-corrected chi connectivity index (χ0v) is 18.9. The Morgan fingerprint density at radius 1 is 0.935 bits per heavy atom. The van der Waals surface area contributed by atoms with Gasteiger partial charge in [0.25, 0.3) is 0 Å². The third kappa shape index (κ3) is 5.86. The van der Waals surface area contributed by atoms with Gasteiger partial charge in [0, 0.05) is 0 Å². The SMILES string of the molecule is CCCCCCCCOc1ccc(-c2ccc([C@]3(C(=O)O)COC(C)(C)O3)cc2)cc1. The van der Waals surface area contributed by atoms with E-state index in [1.165, 1.54) is 32.1 Å². The number of aliphatic carboxylic acids is 1. The van der Waals surface area contributed by atoms with E-state index in [-0.39, 0.29) is 6.61 Å². The van der Waals surface area contributed by atoms with Gasteiger partial charge in [-0.2, -0.15) is 0 Å². The Balaban J connectivity index is 1.58. The minimum Gasteiger partial charge on any atom is -0.494 e. The molecule has 0 aromatic heterocycles. The number of carbonyl (C=O) groups is 1. The topological polar surface area (TPSA) is 65.0 Å². The van der Waals surface area contributed by atoms with Gasteiger partial charge in [-0.25, -0.2) is 4.79 Å². The van der Waals surface area contributed by atoms with Gasteiger partial charge in [-0.1, -0.05) is 75.4 Å². The first-order valence-electron chi connectivity index (χ1n) is 11.3. The standard InChI is InChI=1S/C26H34O5/c1-4-5-6-7-8-9-18-29-23-16-12-21(13-17-23)20-10-14-22(15-11-20)26(24(27)28)19-30-25(2,3)31-26/h10-17H,4-9,18-19H2,1-3H3,(H,27,28)/t26-/m0/s1. The van der Waals surface area contributed by atoms with Gasteiger partial charge >= 0.3 is 5.97 Å². The molecule has 0 saturated carbocycles. The van der Waals surface area contributed by atoms with E-state index < -0.39 is 17.4 Å². The van der Waals surface area contributed by atoms with Gasteiger partial charge in [0.2, 0.25) is 5.60 Å². The molecule has 2 aromatic rings. The first kappa shape index (κ1) is 23.3. The van der Waals surface area contributed by atoms with E-state index in [2.05, 4.69) is 6.92 Å². The Hall–Kier alpha value is -2.37. The second-order valence-corrected chi connectivity index (χ2v) is 8.64. The third-order valence-corrected chi connectivity index (χ3v) is 5.69. The minimum absolute atomic E-state index is 0.0146. The van der Waals surface area contributed by atoms with Gasteiger partial charge in [0.1, 0.15) is 5.75 Å². The Morgan fingerprint density at radius 3 is 2.06 bits per heavy atom. The first-order chi connectivity index (χ1) is 14.9. The van der Waals surface area contributed by atoms with Crippen LogP contribution >= 0.6 is 0 Å². The molecule has 2 aromatic carbocycles. The highest BCUT2D eigenvalue weighted by molar-refractivity contribution is 5.80. The summed E-state index contributed by atoms with van der Waals surface area (Å²) in [6.07, 6.45) is 7.49. The average molecular weight is 427 g/mol. The van der Waals surface area contributed by atoms with Gasteiger partial charge < -0.3 is 19.3 Å². The zero-order valence-electron chi connectivity index (χ0n) is 18.9. The average Bonchev–Trinajstić information content (AvgIpc) is 3.10. The lowest BCUT2D eigenvalue weighted by molar-refractivity contribution is -0.187. The van der Waals surface area contributed by atoms with Crippen molar-refractivity contribution in [3.63, 3.8) is 0 Å². The van der Waals surface area contributed by atoms with E-state index in [1.807, 2.05) is 36.4 Å². The smallest absolute Gasteiger partial charge is 0.343 e. The lowest BCUT2D eigenvalue weighted by Crippen LogP contribution is -2.39. The van der Waals surface area contributed by atoms with Crippen LogP contribution in [-0.2, 0) is 19.9 Å². The molecule has 5 nitrogen and oxygen atoms in total. The van der Waals surface area contributed by atoms with Crippen LogP contribution in [0.15, 0.2) is 48.5 Å². The number of ether oxygens (including phenoxy) is 3. The van der Waals surface area contributed by atoms with E-state index in [1.54, 1.807) is 26.0 Å². The molecule has 1 heterocycles. The van der Waals surface area contributed by atoms with Crippen molar-refractivity contribution in [1.82, 2.24) is 0 Å². The van der Waals surface area contributed by atoms with Crippen LogP contribution < -0.4 is 4.74 Å². The number of hydrogen-bond donors (Lipinski definition) is 1. The highest BCUT2D eigenvalue weighted by Crippen LogP contribution is 2.39. The predicted octanol–water partition coefficient (Wildman–Crippen LogP) is 6.16. The largest absolute Gasteiger partial charge is 0.494 e. The van der Waals surface area contributed by atoms with Gasteiger partial charge in [-0.15, -0.1) is 0 Å². The summed E-state index contributed by atoms with van der Waals surface area (Å²) in [5.74, 6) is -1.10. The first-order valence-corrected chi connectivity index (χ1v) is 11.3. The third-order valence-electron chi connectivity index (χ3n) is 5.69. The van der Waals surface area contributed by atoms with Crippen LogP contribution in [0.3, 0.4) is 0 Å². The van der Waals surface area contributed by atoms with Crippen molar-refractivity contribution >= 4 is 5.97 Å². The summed E-state index contributed by atoms with van der Waals surface area (Å²) < 4.78 is 17.2. The van der Waals surface area contributed by atoms with Gasteiger partial charge in [-0.05, 0) is 49.1 Å². The molecule has 1 fully saturated rings. The predicted molar refractivity (Wildman–Crippen MR) is 121 cm³/mol. The lowest BCUT2D eigenvalue weighted by atomic mass is 9.92. The van der Waals surface area contributed by atoms with E-state index in [4.69, 9.17) is 14.2 Å². The van der Waals surface area contributed by atoms with Crippen molar-refractivity contribution in [1.29, 1.82) is 0 Å². The van der Waals surface area contributed by atoms with E-state index in [9.17, 15) is 9.90 Å². The van der Waals surface area contributed by atoms with Gasteiger partial charge in [0.15, 0.2) is 5.79 Å². The summed E-state index contributed by atoms with van der Waals surface area (Å²) in [4.78, 5) is 12.0. The summed E-state index contributed by atoms with van der Waals surface area (Å²) in [5, 5.41) is 9.79. The molecule has 0 aliphatic carbocycles. The molecule has 1 atom stereocenters. The van der Waals surface area contributed by atoms with Crippen molar-refractivity contribution in [3.8, 4) is 16.9 Å². The fourth-order valence-electron chi connectivity index (χ4n) is 3.87. The maximum Gasteiger partial charge on any atom is 0.343 e. The maximum atomic E-state index is 12.0. The summed E-state index contributed by atoms with van der Waals surface area (Å²) in [6.45, 7) is 6.41. The molecule has 168 valence electrons. The number of unbranched alkanes of at least 4 members (excludes halogenated alkanes) is 5. The lowest BCUT2D eigenvalue weighted by Gasteiger charge is -2.25. The van der Waals surface area contributed by atoms with Crippen LogP contribution in [-0.4, -0.2) is 30.1 Å². The number of hydrogen-bond acceptors (Lipinski definition) is 4. The van der Waals surface area contributed by atoms with Gasteiger partial charge in [-0.3, -0.25) is 0 Å². The van der Waals surface area contributed by atoms with Crippen LogP contribution in [0.25, 0.3) is 11.1 Å². The molecule has 0 spiro atoms. The molecule has 3 rings (SSSR count). The van der Waals surface area contributed by atoms with E-state index >= 15 is 0 Å². The second-order valence-electron chi connectivity index (χ2n) is 8.64. The summed E-state index contributed by atoms with van der Waals surface area (Å²) in [5.41, 5.74) is 1.15. The number of carboxylic acids is 1. The number of benzene rings is 2. The minimum atomic E-state index is -1.48. The maximum absolute atomic E-state index is 12.0. The summed E-state index contributed by atoms with van der Waals surface area (Å²) in [6, 6.07) is 15.5. The molecule has 0 amide bonds. The Bertz CT molecular complexity index is 841. The second kappa shape index (κ2) is 10.3. The monoisotopic (exact) mass is 426 g/mol. The molecule has 1 aliphatic rings. The van der Waals surface area contributed by atoms with Crippen LogP contribution in [0.5, 0.6) is 5.75 Å². The van der Waals surface area contributed by atoms with Crippen molar-refractivity contribution in [2.75, 3.05) is 13.2 Å². The fourth-order valence-corrected chi connectivity index (χ4v) is 3.87. The zero-order chi connectivity index (χ0) is 22.3. The molecular formula is C26H34O5. The molecule has 0 radical (unpaired) electrons. The van der Waals surface area contributed by atoms with Crippen molar-refractivity contribution in [3.05, 3.63) is 54.1 Å². The molecule has 1 saturated heterocycles. The number of carboxylic acid groups (broad SMARTS) is 1. The molecule has 31 heavy (non-hydrogen) atoms. The van der Waals surface area contributed by atoms with E-state index in [0.29, 0.717) is 5.56 Å². The Kier molecular flexibility index (Phi) is 7.74. The molecular weight excluding hydrogens is 392 g/mol. The van der Waals surface area contributed by atoms with Crippen LogP contribution in [0, 0.1) is 0 Å². The summed E-state index contributed by atoms with van der Waals surface area (Å²) >= 11 is 0. The molecule has 0 unspecified atom stereocenters. The quantitative estimate of drug-likeness (QED) is 0.436. The Labute approximate surface area is 185 Å².